The van der Waals surface area contributed by atoms with Crippen molar-refractivity contribution in [3.05, 3.63) is 62.8 Å². The van der Waals surface area contributed by atoms with Crippen molar-refractivity contribution in [2.24, 2.45) is 5.73 Å². The van der Waals surface area contributed by atoms with Crippen LogP contribution in [0, 0.1) is 5.82 Å². The molecule has 2 nitrogen and oxygen atoms in total. The van der Waals surface area contributed by atoms with Crippen LogP contribution < -0.4 is 10.5 Å². The van der Waals surface area contributed by atoms with Gasteiger partial charge in [0.2, 0.25) is 0 Å². The first-order chi connectivity index (χ1) is 9.10. The Morgan fingerprint density at radius 1 is 1.21 bits per heavy atom. The van der Waals surface area contributed by atoms with Gasteiger partial charge in [-0.1, -0.05) is 39.7 Å². The Kier molecular flexibility index (Phi) is 4.80. The first kappa shape index (κ1) is 14.3. The summed E-state index contributed by atoms with van der Waals surface area (Å²) >= 11 is 9.39. The summed E-state index contributed by atoms with van der Waals surface area (Å²) in [4.78, 5) is 0. The number of nitrogens with two attached hydrogens (primary N) is 1. The maximum absolute atomic E-state index is 13.7. The van der Waals surface area contributed by atoms with Crippen molar-refractivity contribution in [2.45, 2.75) is 13.2 Å². The Hall–Kier alpha value is -1.10. The molecule has 0 amide bonds. The molecule has 2 aromatic carbocycles. The highest BCUT2D eigenvalue weighted by atomic mass is 79.9. The molecule has 0 radical (unpaired) electrons. The fourth-order valence-electron chi connectivity index (χ4n) is 1.58. The van der Waals surface area contributed by atoms with E-state index in [2.05, 4.69) is 15.9 Å². The molecular formula is C14H12BrClFNO. The van der Waals surface area contributed by atoms with Crippen molar-refractivity contribution in [1.29, 1.82) is 0 Å². The predicted octanol–water partition coefficient (Wildman–Crippen LogP) is 4.28. The maximum Gasteiger partial charge on any atom is 0.165 e. The number of halogens is 3. The molecule has 0 aliphatic heterocycles. The van der Waals surface area contributed by atoms with Gasteiger partial charge in [0.15, 0.2) is 11.6 Å². The molecular weight excluding hydrogens is 333 g/mol. The Labute approximate surface area is 124 Å². The third kappa shape index (κ3) is 3.69. The number of ether oxygens (including phenoxy) is 1. The lowest BCUT2D eigenvalue weighted by atomic mass is 10.2. The predicted molar refractivity (Wildman–Crippen MR) is 77.8 cm³/mol. The summed E-state index contributed by atoms with van der Waals surface area (Å²) in [5.41, 5.74) is 6.97. The Morgan fingerprint density at radius 3 is 2.63 bits per heavy atom. The summed E-state index contributed by atoms with van der Waals surface area (Å²) in [7, 11) is 0. The number of hydrogen-bond acceptors (Lipinski definition) is 2. The molecule has 0 heterocycles. The highest BCUT2D eigenvalue weighted by Crippen LogP contribution is 2.24. The van der Waals surface area contributed by atoms with Crippen LogP contribution in [0.15, 0.2) is 40.9 Å². The Bertz CT molecular complexity index is 592. The van der Waals surface area contributed by atoms with Gasteiger partial charge in [-0.3, -0.25) is 0 Å². The molecule has 0 bridgehead atoms. The van der Waals surface area contributed by atoms with Crippen molar-refractivity contribution in [3.8, 4) is 5.75 Å². The minimum atomic E-state index is -0.420. The van der Waals surface area contributed by atoms with Crippen LogP contribution >= 0.6 is 27.5 Å². The van der Waals surface area contributed by atoms with Gasteiger partial charge in [-0.2, -0.15) is 0 Å². The smallest absolute Gasteiger partial charge is 0.165 e. The van der Waals surface area contributed by atoms with Gasteiger partial charge >= 0.3 is 0 Å². The van der Waals surface area contributed by atoms with E-state index in [-0.39, 0.29) is 12.4 Å². The average molecular weight is 345 g/mol. The van der Waals surface area contributed by atoms with E-state index in [1.807, 2.05) is 12.1 Å². The summed E-state index contributed by atoms with van der Waals surface area (Å²) in [6.45, 7) is 0.515. The van der Waals surface area contributed by atoms with E-state index in [9.17, 15) is 4.39 Å². The first-order valence-corrected chi connectivity index (χ1v) is 6.82. The molecule has 2 rings (SSSR count). The van der Waals surface area contributed by atoms with Crippen LogP contribution in [0.25, 0.3) is 0 Å². The zero-order chi connectivity index (χ0) is 13.8. The summed E-state index contributed by atoms with van der Waals surface area (Å²) in [5, 5.41) is 0.577. The molecule has 0 unspecified atom stereocenters. The van der Waals surface area contributed by atoms with Crippen molar-refractivity contribution < 1.29 is 9.13 Å². The third-order valence-electron chi connectivity index (χ3n) is 2.63. The monoisotopic (exact) mass is 343 g/mol. The minimum Gasteiger partial charge on any atom is -0.486 e. The van der Waals surface area contributed by atoms with E-state index in [0.29, 0.717) is 11.6 Å². The highest BCUT2D eigenvalue weighted by Gasteiger charge is 2.06. The fourth-order valence-corrected chi connectivity index (χ4v) is 2.31. The van der Waals surface area contributed by atoms with Gasteiger partial charge < -0.3 is 10.5 Å². The van der Waals surface area contributed by atoms with Crippen LogP contribution in [0.3, 0.4) is 0 Å². The molecule has 100 valence electrons. The second kappa shape index (κ2) is 6.37. The lowest BCUT2D eigenvalue weighted by molar-refractivity contribution is 0.290. The molecule has 2 N–H and O–H groups in total. The molecule has 5 heteroatoms. The van der Waals surface area contributed by atoms with Gasteiger partial charge in [0, 0.05) is 21.6 Å². The highest BCUT2D eigenvalue weighted by molar-refractivity contribution is 9.10. The Balaban J connectivity index is 2.10. The molecule has 0 atom stereocenters. The Morgan fingerprint density at radius 2 is 2.00 bits per heavy atom. The number of benzene rings is 2. The standard InChI is InChI=1S/C14H12BrClFNO/c15-11-3-2-10(12(16)6-11)8-19-14-4-1-9(7-18)5-13(14)17/h1-6H,7-8,18H2. The molecule has 0 fully saturated rings. The molecule has 0 saturated heterocycles. The maximum atomic E-state index is 13.7. The van der Waals surface area contributed by atoms with E-state index in [4.69, 9.17) is 22.1 Å². The fraction of sp³-hybridized carbons (Fsp3) is 0.143. The van der Waals surface area contributed by atoms with E-state index in [1.54, 1.807) is 18.2 Å². The van der Waals surface area contributed by atoms with Gasteiger partial charge in [-0.05, 0) is 29.8 Å². The second-order valence-corrected chi connectivity index (χ2v) is 5.32. The van der Waals surface area contributed by atoms with Gasteiger partial charge in [0.05, 0.1) is 0 Å². The van der Waals surface area contributed by atoms with Gasteiger partial charge in [0.1, 0.15) is 6.61 Å². The zero-order valence-electron chi connectivity index (χ0n) is 10.00. The van der Waals surface area contributed by atoms with Crippen molar-refractivity contribution in [2.75, 3.05) is 0 Å². The summed E-state index contributed by atoms with van der Waals surface area (Å²) in [5.74, 6) is -0.229. The summed E-state index contributed by atoms with van der Waals surface area (Å²) in [6.07, 6.45) is 0. The van der Waals surface area contributed by atoms with Gasteiger partial charge in [-0.25, -0.2) is 4.39 Å². The van der Waals surface area contributed by atoms with E-state index >= 15 is 0 Å². The lowest BCUT2D eigenvalue weighted by Crippen LogP contribution is -2.01. The van der Waals surface area contributed by atoms with Crippen molar-refractivity contribution in [1.82, 2.24) is 0 Å². The van der Waals surface area contributed by atoms with E-state index in [0.717, 1.165) is 15.6 Å². The second-order valence-electron chi connectivity index (χ2n) is 3.99. The first-order valence-electron chi connectivity index (χ1n) is 5.65. The summed E-state index contributed by atoms with van der Waals surface area (Å²) in [6, 6.07) is 10.1. The van der Waals surface area contributed by atoms with Crippen LogP contribution in [0.5, 0.6) is 5.75 Å². The van der Waals surface area contributed by atoms with Crippen molar-refractivity contribution >= 4 is 27.5 Å². The number of hydrogen-bond donors (Lipinski definition) is 1. The largest absolute Gasteiger partial charge is 0.486 e. The van der Waals surface area contributed by atoms with Crippen LogP contribution in [0.2, 0.25) is 5.02 Å². The molecule has 0 saturated carbocycles. The van der Waals surface area contributed by atoms with Crippen LogP contribution in [-0.4, -0.2) is 0 Å². The van der Waals surface area contributed by atoms with Gasteiger partial charge in [-0.15, -0.1) is 0 Å². The molecule has 2 aromatic rings. The minimum absolute atomic E-state index is 0.191. The van der Waals surface area contributed by atoms with Crippen LogP contribution in [0.4, 0.5) is 4.39 Å². The molecule has 0 spiro atoms. The number of rotatable bonds is 4. The SMILES string of the molecule is NCc1ccc(OCc2ccc(Br)cc2Cl)c(F)c1. The molecule has 0 aliphatic carbocycles. The summed E-state index contributed by atoms with van der Waals surface area (Å²) < 4.78 is 20.0. The molecule has 0 aliphatic rings. The zero-order valence-corrected chi connectivity index (χ0v) is 12.3. The molecule has 19 heavy (non-hydrogen) atoms. The van der Waals surface area contributed by atoms with Crippen molar-refractivity contribution in [3.63, 3.8) is 0 Å². The molecule has 0 aromatic heterocycles. The quantitative estimate of drug-likeness (QED) is 0.898. The van der Waals surface area contributed by atoms with Gasteiger partial charge in [0.25, 0.3) is 0 Å². The third-order valence-corrected chi connectivity index (χ3v) is 3.48. The lowest BCUT2D eigenvalue weighted by Gasteiger charge is -2.09. The average Bonchev–Trinajstić information content (AvgIpc) is 2.39. The normalized spacial score (nSPS) is 10.5. The van der Waals surface area contributed by atoms with E-state index < -0.39 is 5.82 Å². The van der Waals surface area contributed by atoms with Crippen LogP contribution in [0.1, 0.15) is 11.1 Å². The topological polar surface area (TPSA) is 35.2 Å². The van der Waals surface area contributed by atoms with Crippen LogP contribution in [-0.2, 0) is 13.2 Å². The van der Waals surface area contributed by atoms with E-state index in [1.165, 1.54) is 6.07 Å².